The second kappa shape index (κ2) is 9.60. The summed E-state index contributed by atoms with van der Waals surface area (Å²) in [5.74, 6) is 0.627. The number of ketones is 1. The summed E-state index contributed by atoms with van der Waals surface area (Å²) in [5.41, 5.74) is 0.833. The van der Waals surface area contributed by atoms with Crippen molar-refractivity contribution in [3.8, 4) is 22.8 Å². The number of rotatable bonds is 8. The minimum absolute atomic E-state index is 0.0606. The molecule has 36 heavy (non-hydrogen) atoms. The average Bonchev–Trinajstić information content (AvgIpc) is 3.31. The third kappa shape index (κ3) is 5.02. The van der Waals surface area contributed by atoms with Crippen LogP contribution in [-0.4, -0.2) is 41.3 Å². The standard InChI is InChI=1S/C26H24F3N3O4/c1-25(2,26(27,28)29)24-11-18(32-36-24)10-19(33)7-15-5-6-20(30-13-15)17-8-16-9-22(34-3)23(35-4)12-21(16)31-14-17/h5-6,8-9,11-14H,7,10H2,1-4H3. The molecule has 3 heterocycles. The van der Waals surface area contributed by atoms with E-state index in [4.69, 9.17) is 14.0 Å². The first-order valence-electron chi connectivity index (χ1n) is 11.0. The highest BCUT2D eigenvalue weighted by Crippen LogP contribution is 2.40. The zero-order valence-corrected chi connectivity index (χ0v) is 20.1. The van der Waals surface area contributed by atoms with Crippen LogP contribution < -0.4 is 9.47 Å². The van der Waals surface area contributed by atoms with Gasteiger partial charge in [0, 0.05) is 41.9 Å². The summed E-state index contributed by atoms with van der Waals surface area (Å²) in [6, 6.07) is 10.3. The molecule has 3 aromatic heterocycles. The molecule has 0 aliphatic carbocycles. The average molecular weight is 499 g/mol. The van der Waals surface area contributed by atoms with Crippen LogP contribution in [0.1, 0.15) is 30.9 Å². The van der Waals surface area contributed by atoms with Crippen molar-refractivity contribution in [2.45, 2.75) is 38.3 Å². The van der Waals surface area contributed by atoms with Gasteiger partial charge in [0.25, 0.3) is 0 Å². The number of halogens is 3. The minimum Gasteiger partial charge on any atom is -0.493 e. The summed E-state index contributed by atoms with van der Waals surface area (Å²) < 4.78 is 55.1. The fourth-order valence-electron chi connectivity index (χ4n) is 3.62. The van der Waals surface area contributed by atoms with Crippen molar-refractivity contribution in [3.05, 3.63) is 65.8 Å². The normalized spacial score (nSPS) is 12.1. The molecule has 0 saturated carbocycles. The molecule has 1 aromatic carbocycles. The van der Waals surface area contributed by atoms with Gasteiger partial charge in [-0.15, -0.1) is 0 Å². The van der Waals surface area contributed by atoms with Crippen LogP contribution in [0.5, 0.6) is 11.5 Å². The molecular weight excluding hydrogens is 475 g/mol. The fraction of sp³-hybridized carbons (Fsp3) is 0.308. The molecule has 4 rings (SSSR count). The molecule has 0 amide bonds. The zero-order valence-electron chi connectivity index (χ0n) is 20.1. The van der Waals surface area contributed by atoms with Crippen molar-refractivity contribution in [2.24, 2.45) is 0 Å². The van der Waals surface area contributed by atoms with Gasteiger partial charge in [0.05, 0.1) is 37.5 Å². The first kappa shape index (κ1) is 25.2. The van der Waals surface area contributed by atoms with Crippen LogP contribution in [-0.2, 0) is 23.1 Å². The molecule has 0 spiro atoms. The van der Waals surface area contributed by atoms with E-state index in [0.29, 0.717) is 22.8 Å². The number of hydrogen-bond donors (Lipinski definition) is 0. The number of fused-ring (bicyclic) bond motifs is 1. The molecule has 0 aliphatic rings. The molecule has 0 bridgehead atoms. The number of aromatic nitrogens is 3. The summed E-state index contributed by atoms with van der Waals surface area (Å²) in [5, 5.41) is 4.50. The number of benzene rings is 1. The maximum atomic E-state index is 13.2. The molecule has 0 atom stereocenters. The molecule has 0 N–H and O–H groups in total. The first-order chi connectivity index (χ1) is 17.0. The predicted molar refractivity (Wildman–Crippen MR) is 126 cm³/mol. The molecule has 188 valence electrons. The Morgan fingerprint density at radius 2 is 1.67 bits per heavy atom. The van der Waals surface area contributed by atoms with Gasteiger partial charge in [0.15, 0.2) is 17.3 Å². The monoisotopic (exact) mass is 499 g/mol. The quantitative estimate of drug-likeness (QED) is 0.317. The lowest BCUT2D eigenvalue weighted by atomic mass is 9.89. The second-order valence-electron chi connectivity index (χ2n) is 8.87. The highest BCUT2D eigenvalue weighted by Gasteiger charge is 2.51. The van der Waals surface area contributed by atoms with E-state index in [-0.39, 0.29) is 30.1 Å². The molecule has 0 aliphatic heterocycles. The van der Waals surface area contributed by atoms with Gasteiger partial charge < -0.3 is 14.0 Å². The minimum atomic E-state index is -4.50. The van der Waals surface area contributed by atoms with E-state index in [0.717, 1.165) is 30.3 Å². The summed E-state index contributed by atoms with van der Waals surface area (Å²) in [6.45, 7) is 2.01. The van der Waals surface area contributed by atoms with Crippen molar-refractivity contribution < 1.29 is 32.0 Å². The van der Waals surface area contributed by atoms with Gasteiger partial charge in [-0.1, -0.05) is 11.2 Å². The van der Waals surface area contributed by atoms with Crippen molar-refractivity contribution >= 4 is 16.7 Å². The number of Topliss-reactive ketones (excluding diaryl/α,β-unsaturated/α-hetero) is 1. The van der Waals surface area contributed by atoms with Crippen LogP contribution in [0.2, 0.25) is 0 Å². The van der Waals surface area contributed by atoms with Crippen molar-refractivity contribution in [1.29, 1.82) is 0 Å². The smallest absolute Gasteiger partial charge is 0.401 e. The summed E-state index contributed by atoms with van der Waals surface area (Å²) in [7, 11) is 3.12. The zero-order chi connectivity index (χ0) is 26.1. The Bertz CT molecular complexity index is 1400. The molecule has 0 saturated heterocycles. The van der Waals surface area contributed by atoms with Gasteiger partial charge in [0.2, 0.25) is 0 Å². The van der Waals surface area contributed by atoms with E-state index in [9.17, 15) is 18.0 Å². The molecule has 0 radical (unpaired) electrons. The Hall–Kier alpha value is -3.95. The summed E-state index contributed by atoms with van der Waals surface area (Å²) >= 11 is 0. The number of nitrogens with zero attached hydrogens (tertiary/aromatic N) is 3. The lowest BCUT2D eigenvalue weighted by Gasteiger charge is -2.24. The number of pyridine rings is 2. The van der Waals surface area contributed by atoms with Crippen molar-refractivity contribution in [2.75, 3.05) is 14.2 Å². The lowest BCUT2D eigenvalue weighted by molar-refractivity contribution is -0.185. The van der Waals surface area contributed by atoms with E-state index < -0.39 is 11.6 Å². The summed E-state index contributed by atoms with van der Waals surface area (Å²) in [4.78, 5) is 21.4. The topological polar surface area (TPSA) is 87.3 Å². The van der Waals surface area contributed by atoms with Gasteiger partial charge in [-0.2, -0.15) is 13.2 Å². The number of carbonyl (C=O) groups is 1. The first-order valence-corrected chi connectivity index (χ1v) is 11.0. The van der Waals surface area contributed by atoms with Gasteiger partial charge in [0.1, 0.15) is 11.2 Å². The van der Waals surface area contributed by atoms with Gasteiger partial charge >= 0.3 is 6.18 Å². The van der Waals surface area contributed by atoms with Gasteiger partial charge in [-0.25, -0.2) is 0 Å². The maximum Gasteiger partial charge on any atom is 0.401 e. The number of methoxy groups -OCH3 is 2. The molecule has 0 unspecified atom stereocenters. The third-order valence-corrected chi connectivity index (χ3v) is 5.97. The van der Waals surface area contributed by atoms with Crippen LogP contribution in [0.25, 0.3) is 22.2 Å². The molecule has 0 fully saturated rings. The number of ether oxygens (including phenoxy) is 2. The fourth-order valence-corrected chi connectivity index (χ4v) is 3.62. The van der Waals surface area contributed by atoms with Gasteiger partial charge in [-0.3, -0.25) is 14.8 Å². The Labute approximate surface area is 205 Å². The van der Waals surface area contributed by atoms with Gasteiger partial charge in [-0.05, 0) is 37.6 Å². The third-order valence-electron chi connectivity index (χ3n) is 5.97. The highest BCUT2D eigenvalue weighted by atomic mass is 19.4. The van der Waals surface area contributed by atoms with Crippen LogP contribution in [0.3, 0.4) is 0 Å². The van der Waals surface area contributed by atoms with Crippen LogP contribution in [0.4, 0.5) is 13.2 Å². The lowest BCUT2D eigenvalue weighted by Crippen LogP contribution is -2.35. The SMILES string of the molecule is COc1cc2cc(-c3ccc(CC(=O)Cc4cc(C(C)(C)C(F)(F)F)on4)cn3)cnc2cc1OC. The van der Waals surface area contributed by atoms with E-state index in [1.54, 1.807) is 44.8 Å². The molecule has 10 heteroatoms. The Morgan fingerprint density at radius 3 is 2.31 bits per heavy atom. The Kier molecular flexibility index (Phi) is 6.71. The highest BCUT2D eigenvalue weighted by molar-refractivity contribution is 5.86. The van der Waals surface area contributed by atoms with Crippen molar-refractivity contribution in [1.82, 2.24) is 15.1 Å². The number of hydrogen-bond acceptors (Lipinski definition) is 7. The molecular formula is C26H24F3N3O4. The largest absolute Gasteiger partial charge is 0.493 e. The van der Waals surface area contributed by atoms with E-state index in [1.165, 1.54) is 6.07 Å². The molecule has 4 aromatic rings. The van der Waals surface area contributed by atoms with Crippen LogP contribution in [0, 0.1) is 0 Å². The molecule has 7 nitrogen and oxygen atoms in total. The van der Waals surface area contributed by atoms with E-state index in [1.807, 2.05) is 12.1 Å². The Balaban J connectivity index is 1.45. The summed E-state index contributed by atoms with van der Waals surface area (Å²) in [6.07, 6.45) is -1.29. The number of alkyl halides is 3. The maximum absolute atomic E-state index is 13.2. The predicted octanol–water partition coefficient (Wildman–Crippen LogP) is 5.50. The second-order valence-corrected chi connectivity index (χ2v) is 8.87. The van der Waals surface area contributed by atoms with Crippen LogP contribution >= 0.6 is 0 Å². The Morgan fingerprint density at radius 1 is 0.944 bits per heavy atom. The van der Waals surface area contributed by atoms with Crippen LogP contribution in [0.15, 0.2) is 53.3 Å². The van der Waals surface area contributed by atoms with Crippen molar-refractivity contribution in [3.63, 3.8) is 0 Å². The van der Waals surface area contributed by atoms with E-state index in [2.05, 4.69) is 15.1 Å². The number of carbonyl (C=O) groups excluding carboxylic acids is 1. The van der Waals surface area contributed by atoms with E-state index >= 15 is 0 Å².